The molecule has 1 aliphatic heterocycles. The summed E-state index contributed by atoms with van der Waals surface area (Å²) in [5.74, 6) is -3.76. The summed E-state index contributed by atoms with van der Waals surface area (Å²) in [5, 5.41) is 20.9. The van der Waals surface area contributed by atoms with Crippen LogP contribution in [0.25, 0.3) is 0 Å². The number of carbonyl (C=O) groups excluding carboxylic acids is 2. The van der Waals surface area contributed by atoms with Crippen LogP contribution < -0.4 is 5.32 Å². The second-order valence-corrected chi connectivity index (χ2v) is 4.82. The molecule has 0 radical (unpaired) electrons. The lowest BCUT2D eigenvalue weighted by Crippen LogP contribution is -2.61. The van der Waals surface area contributed by atoms with Gasteiger partial charge in [-0.25, -0.2) is 0 Å². The molecule has 6 nitrogen and oxygen atoms in total. The van der Waals surface area contributed by atoms with Gasteiger partial charge in [-0.05, 0) is 5.56 Å². The van der Waals surface area contributed by atoms with Gasteiger partial charge in [-0.2, -0.15) is 10.5 Å². The number of rotatable bonds is 3. The van der Waals surface area contributed by atoms with Crippen LogP contribution in [0.5, 0.6) is 0 Å². The number of benzene rings is 1. The summed E-state index contributed by atoms with van der Waals surface area (Å²) in [7, 11) is 1.41. The van der Waals surface area contributed by atoms with Crippen molar-refractivity contribution in [2.24, 2.45) is 11.8 Å². The summed E-state index contributed by atoms with van der Waals surface area (Å²) < 4.78 is 5.17. The average molecular weight is 283 g/mol. The van der Waals surface area contributed by atoms with Gasteiger partial charge in [-0.15, -0.1) is 0 Å². The van der Waals surface area contributed by atoms with Crippen LogP contribution in [0.1, 0.15) is 5.56 Å². The smallest absolute Gasteiger partial charge is 0.245 e. The first kappa shape index (κ1) is 14.7. The maximum Gasteiger partial charge on any atom is 0.245 e. The van der Waals surface area contributed by atoms with E-state index in [-0.39, 0.29) is 6.61 Å². The van der Waals surface area contributed by atoms with Crippen LogP contribution in [0, 0.1) is 34.5 Å². The second-order valence-electron chi connectivity index (χ2n) is 4.82. The Morgan fingerprint density at radius 3 is 2.10 bits per heavy atom. The molecule has 6 heteroatoms. The summed E-state index contributed by atoms with van der Waals surface area (Å²) in [4.78, 5) is 24.1. The Morgan fingerprint density at radius 1 is 1.14 bits per heavy atom. The molecule has 0 bridgehead atoms. The number of methoxy groups -OCH3 is 1. The van der Waals surface area contributed by atoms with Crippen LogP contribution in [0.2, 0.25) is 0 Å². The number of hydrogen-bond donors (Lipinski definition) is 1. The van der Waals surface area contributed by atoms with E-state index in [0.717, 1.165) is 0 Å². The van der Waals surface area contributed by atoms with Crippen molar-refractivity contribution in [2.45, 2.75) is 5.41 Å². The molecule has 0 aliphatic carbocycles. The van der Waals surface area contributed by atoms with Gasteiger partial charge >= 0.3 is 0 Å². The van der Waals surface area contributed by atoms with Gasteiger partial charge in [0.1, 0.15) is 11.8 Å². The zero-order chi connectivity index (χ0) is 15.5. The molecule has 1 heterocycles. The Balaban J connectivity index is 2.73. The van der Waals surface area contributed by atoms with Gasteiger partial charge in [0.2, 0.25) is 11.8 Å². The third-order valence-electron chi connectivity index (χ3n) is 3.75. The first-order chi connectivity index (χ1) is 10.1. The number of nitrogens with one attached hydrogen (secondary N) is 1. The molecule has 1 saturated heterocycles. The van der Waals surface area contributed by atoms with Gasteiger partial charge < -0.3 is 4.74 Å². The number of piperidine rings is 1. The number of nitriles is 2. The highest BCUT2D eigenvalue weighted by atomic mass is 16.5. The topological polar surface area (TPSA) is 103 Å². The quantitative estimate of drug-likeness (QED) is 0.814. The maximum absolute atomic E-state index is 12.0. The average Bonchev–Trinajstić information content (AvgIpc) is 2.48. The van der Waals surface area contributed by atoms with Crippen LogP contribution in [0.3, 0.4) is 0 Å². The molecule has 106 valence electrons. The molecule has 0 aromatic heterocycles. The van der Waals surface area contributed by atoms with Crippen molar-refractivity contribution in [1.29, 1.82) is 10.5 Å². The van der Waals surface area contributed by atoms with Crippen LogP contribution >= 0.6 is 0 Å². The van der Waals surface area contributed by atoms with E-state index in [4.69, 9.17) is 4.74 Å². The summed E-state index contributed by atoms with van der Waals surface area (Å²) >= 11 is 0. The molecule has 21 heavy (non-hydrogen) atoms. The van der Waals surface area contributed by atoms with Gasteiger partial charge in [0.05, 0.1) is 24.2 Å². The van der Waals surface area contributed by atoms with Crippen molar-refractivity contribution in [3.63, 3.8) is 0 Å². The molecule has 0 saturated carbocycles. The Hall–Kier alpha value is -2.70. The van der Waals surface area contributed by atoms with E-state index >= 15 is 0 Å². The van der Waals surface area contributed by atoms with Gasteiger partial charge in [0, 0.05) is 7.11 Å². The summed E-state index contributed by atoms with van der Waals surface area (Å²) in [6.07, 6.45) is 0. The monoisotopic (exact) mass is 283 g/mol. The number of ether oxygens (including phenoxy) is 1. The highest BCUT2D eigenvalue weighted by Gasteiger charge is 2.57. The van der Waals surface area contributed by atoms with E-state index in [9.17, 15) is 20.1 Å². The van der Waals surface area contributed by atoms with E-state index in [1.54, 1.807) is 30.3 Å². The molecule has 0 spiro atoms. The molecular weight excluding hydrogens is 270 g/mol. The van der Waals surface area contributed by atoms with Gasteiger partial charge in [-0.1, -0.05) is 30.3 Å². The zero-order valence-electron chi connectivity index (χ0n) is 11.4. The molecule has 1 aromatic rings. The van der Waals surface area contributed by atoms with Crippen molar-refractivity contribution >= 4 is 11.8 Å². The van der Waals surface area contributed by atoms with Crippen molar-refractivity contribution in [2.75, 3.05) is 13.7 Å². The van der Waals surface area contributed by atoms with E-state index in [2.05, 4.69) is 5.32 Å². The Bertz CT molecular complexity index is 610. The van der Waals surface area contributed by atoms with Crippen molar-refractivity contribution in [3.8, 4) is 12.1 Å². The van der Waals surface area contributed by atoms with Crippen molar-refractivity contribution in [1.82, 2.24) is 5.32 Å². The minimum Gasteiger partial charge on any atom is -0.384 e. The lowest BCUT2D eigenvalue weighted by atomic mass is 9.61. The number of imide groups is 1. The molecule has 1 aliphatic rings. The second kappa shape index (κ2) is 5.74. The molecule has 2 amide bonds. The third-order valence-corrected chi connectivity index (χ3v) is 3.75. The number of amides is 2. The van der Waals surface area contributed by atoms with E-state index < -0.39 is 29.1 Å². The number of hydrogen-bond acceptors (Lipinski definition) is 5. The SMILES string of the molecule is COCC1(c2ccccc2)C(C#N)C(=O)NC(=O)C1C#N. The predicted molar refractivity (Wildman–Crippen MR) is 71.4 cm³/mol. The number of nitrogens with zero attached hydrogens (tertiary/aromatic N) is 2. The highest BCUT2D eigenvalue weighted by molar-refractivity contribution is 6.04. The molecule has 2 rings (SSSR count). The lowest BCUT2D eigenvalue weighted by molar-refractivity contribution is -0.143. The summed E-state index contributed by atoms with van der Waals surface area (Å²) in [6.45, 7) is -0.0768. The maximum atomic E-state index is 12.0. The van der Waals surface area contributed by atoms with Crippen LogP contribution in [-0.2, 0) is 19.7 Å². The fourth-order valence-electron chi connectivity index (χ4n) is 2.82. The standard InChI is InChI=1S/C15H13N3O3/c1-21-9-15(10-5-3-2-4-6-10)11(7-16)13(19)18-14(20)12(15)8-17/h2-6,11-12H,9H2,1H3,(H,18,19,20). The Morgan fingerprint density at radius 2 is 1.67 bits per heavy atom. The van der Waals surface area contributed by atoms with Gasteiger partial charge in [0.15, 0.2) is 0 Å². The molecule has 1 fully saturated rings. The Labute approximate surface area is 121 Å². The van der Waals surface area contributed by atoms with E-state index in [1.807, 2.05) is 12.1 Å². The van der Waals surface area contributed by atoms with E-state index in [0.29, 0.717) is 5.56 Å². The minimum absolute atomic E-state index is 0.0768. The molecule has 2 atom stereocenters. The van der Waals surface area contributed by atoms with Gasteiger partial charge in [-0.3, -0.25) is 14.9 Å². The van der Waals surface area contributed by atoms with E-state index in [1.165, 1.54) is 7.11 Å². The Kier molecular flexibility index (Phi) is 4.02. The minimum atomic E-state index is -1.31. The van der Waals surface area contributed by atoms with Crippen molar-refractivity contribution in [3.05, 3.63) is 35.9 Å². The first-order valence-electron chi connectivity index (χ1n) is 6.30. The largest absolute Gasteiger partial charge is 0.384 e. The zero-order valence-corrected chi connectivity index (χ0v) is 11.4. The molecular formula is C15H13N3O3. The highest BCUT2D eigenvalue weighted by Crippen LogP contribution is 2.42. The third kappa shape index (κ3) is 2.16. The normalized spacial score (nSPS) is 28.3. The number of carbonyl (C=O) groups is 2. The van der Waals surface area contributed by atoms with Crippen LogP contribution in [0.4, 0.5) is 0 Å². The summed E-state index contributed by atoms with van der Waals surface area (Å²) in [5.41, 5.74) is -0.744. The predicted octanol–water partition coefficient (Wildman–Crippen LogP) is 0.507. The fraction of sp³-hybridized carbons (Fsp3) is 0.333. The molecule has 1 N–H and O–H groups in total. The van der Waals surface area contributed by atoms with Crippen LogP contribution in [-0.4, -0.2) is 25.5 Å². The molecule has 1 aromatic carbocycles. The van der Waals surface area contributed by atoms with Gasteiger partial charge in [0.25, 0.3) is 0 Å². The van der Waals surface area contributed by atoms with Crippen molar-refractivity contribution < 1.29 is 14.3 Å². The summed E-state index contributed by atoms with van der Waals surface area (Å²) in [6, 6.07) is 12.5. The first-order valence-corrected chi connectivity index (χ1v) is 6.30. The lowest BCUT2D eigenvalue weighted by Gasteiger charge is -2.42. The molecule has 2 unspecified atom stereocenters. The fourth-order valence-corrected chi connectivity index (χ4v) is 2.82. The van der Waals surface area contributed by atoms with Crippen LogP contribution in [0.15, 0.2) is 30.3 Å².